The number of alkyl halides is 2. The van der Waals surface area contributed by atoms with Gasteiger partial charge in [0.2, 0.25) is 11.8 Å². The van der Waals surface area contributed by atoms with Crippen LogP contribution in [-0.2, 0) is 4.79 Å². The number of carbonyl (C=O) groups is 1. The molecule has 3 nitrogen and oxygen atoms in total. The molecule has 0 bridgehead atoms. The maximum absolute atomic E-state index is 13.2. The molecule has 1 unspecified atom stereocenters. The number of hydrogen-bond acceptors (Lipinski definition) is 2. The smallest absolute Gasteiger partial charge is 0.248 e. The predicted octanol–water partition coefficient (Wildman–Crippen LogP) is 3.44. The second-order valence-corrected chi connectivity index (χ2v) is 7.02. The van der Waals surface area contributed by atoms with Crippen LogP contribution >= 0.6 is 0 Å². The van der Waals surface area contributed by atoms with Crippen molar-refractivity contribution in [3.63, 3.8) is 0 Å². The fraction of sp³-hybridized carbons (Fsp3) is 0.611. The molecule has 23 heavy (non-hydrogen) atoms. The molecule has 0 aromatic heterocycles. The van der Waals surface area contributed by atoms with Crippen molar-refractivity contribution in [2.24, 2.45) is 11.3 Å². The first-order valence-corrected chi connectivity index (χ1v) is 8.30. The molecule has 0 spiro atoms. The lowest BCUT2D eigenvalue weighted by atomic mass is 9.86. The summed E-state index contributed by atoms with van der Waals surface area (Å²) in [6, 6.07) is 9.44. The van der Waals surface area contributed by atoms with Crippen LogP contribution in [0, 0.1) is 11.3 Å². The van der Waals surface area contributed by atoms with Crippen molar-refractivity contribution in [3.8, 4) is 0 Å². The second kappa shape index (κ2) is 6.19. The Morgan fingerprint density at radius 3 is 2.35 bits per heavy atom. The third-order valence-electron chi connectivity index (χ3n) is 5.29. The first-order valence-electron chi connectivity index (χ1n) is 8.30. The van der Waals surface area contributed by atoms with Gasteiger partial charge in [0.1, 0.15) is 0 Å². The lowest BCUT2D eigenvalue weighted by molar-refractivity contribution is -0.129. The van der Waals surface area contributed by atoms with Crippen molar-refractivity contribution >= 4 is 5.91 Å². The maximum atomic E-state index is 13.2. The number of amides is 1. The summed E-state index contributed by atoms with van der Waals surface area (Å²) in [5.41, 5.74) is 0.562. The summed E-state index contributed by atoms with van der Waals surface area (Å²) in [6.45, 7) is 0.411. The highest BCUT2D eigenvalue weighted by Gasteiger charge is 2.49. The molecule has 2 fully saturated rings. The van der Waals surface area contributed by atoms with Crippen LogP contribution in [0.3, 0.4) is 0 Å². The van der Waals surface area contributed by atoms with Crippen LogP contribution < -0.4 is 5.32 Å². The van der Waals surface area contributed by atoms with Gasteiger partial charge < -0.3 is 10.4 Å². The van der Waals surface area contributed by atoms with Gasteiger partial charge in [-0.25, -0.2) is 8.78 Å². The van der Waals surface area contributed by atoms with E-state index >= 15 is 0 Å². The van der Waals surface area contributed by atoms with Crippen LogP contribution in [0.1, 0.15) is 50.2 Å². The van der Waals surface area contributed by atoms with E-state index < -0.39 is 12.0 Å². The number of nitrogens with one attached hydrogen (secondary N) is 1. The van der Waals surface area contributed by atoms with Crippen molar-refractivity contribution in [3.05, 3.63) is 35.9 Å². The highest BCUT2D eigenvalue weighted by molar-refractivity contribution is 5.78. The molecule has 1 amide bonds. The zero-order valence-corrected chi connectivity index (χ0v) is 13.1. The number of rotatable bonds is 5. The SMILES string of the molecule is O=C(NCC1(C(O)c2ccccc2)CC1)C1CCC(F)(F)CC1. The molecule has 2 aliphatic carbocycles. The Morgan fingerprint density at radius 1 is 1.17 bits per heavy atom. The van der Waals surface area contributed by atoms with Crippen LogP contribution in [-0.4, -0.2) is 23.5 Å². The quantitative estimate of drug-likeness (QED) is 0.872. The molecule has 0 aliphatic heterocycles. The topological polar surface area (TPSA) is 49.3 Å². The van der Waals surface area contributed by atoms with Gasteiger partial charge in [-0.3, -0.25) is 4.79 Å². The average molecular weight is 323 g/mol. The van der Waals surface area contributed by atoms with E-state index in [1.165, 1.54) is 0 Å². The molecule has 1 atom stereocenters. The molecular formula is C18H23F2NO2. The standard InChI is InChI=1S/C18H23F2NO2/c19-18(20)8-6-14(7-9-18)16(23)21-12-17(10-11-17)15(22)13-4-2-1-3-5-13/h1-5,14-15,22H,6-12H2,(H,21,23). The number of aliphatic hydroxyl groups excluding tert-OH is 1. The molecule has 0 saturated heterocycles. The van der Waals surface area contributed by atoms with Gasteiger partial charge in [-0.05, 0) is 31.2 Å². The fourth-order valence-corrected chi connectivity index (χ4v) is 3.41. The minimum absolute atomic E-state index is 0.146. The van der Waals surface area contributed by atoms with Crippen LogP contribution in [0.2, 0.25) is 0 Å². The van der Waals surface area contributed by atoms with Crippen molar-refractivity contribution in [1.82, 2.24) is 5.32 Å². The molecule has 2 N–H and O–H groups in total. The molecule has 2 aliphatic rings. The third kappa shape index (κ3) is 3.71. The van der Waals surface area contributed by atoms with Crippen LogP contribution in [0.15, 0.2) is 30.3 Å². The molecule has 1 aromatic rings. The Bertz CT molecular complexity index is 547. The monoisotopic (exact) mass is 323 g/mol. The number of benzene rings is 1. The summed E-state index contributed by atoms with van der Waals surface area (Å²) in [6.07, 6.45) is 1.21. The van der Waals surface area contributed by atoms with Gasteiger partial charge in [-0.1, -0.05) is 30.3 Å². The summed E-state index contributed by atoms with van der Waals surface area (Å²) >= 11 is 0. The third-order valence-corrected chi connectivity index (χ3v) is 5.29. The van der Waals surface area contributed by atoms with Crippen molar-refractivity contribution in [1.29, 1.82) is 0 Å². The van der Waals surface area contributed by atoms with E-state index in [2.05, 4.69) is 5.32 Å². The second-order valence-electron chi connectivity index (χ2n) is 7.02. The lowest BCUT2D eigenvalue weighted by Gasteiger charge is -2.29. The van der Waals surface area contributed by atoms with E-state index in [-0.39, 0.29) is 42.9 Å². The average Bonchev–Trinajstić information content (AvgIpc) is 3.34. The van der Waals surface area contributed by atoms with E-state index in [4.69, 9.17) is 0 Å². The van der Waals surface area contributed by atoms with Crippen LogP contribution in [0.25, 0.3) is 0 Å². The predicted molar refractivity (Wildman–Crippen MR) is 83.0 cm³/mol. The minimum atomic E-state index is -2.61. The zero-order valence-electron chi connectivity index (χ0n) is 13.1. The van der Waals surface area contributed by atoms with Gasteiger partial charge >= 0.3 is 0 Å². The van der Waals surface area contributed by atoms with E-state index in [0.29, 0.717) is 6.54 Å². The Morgan fingerprint density at radius 2 is 1.78 bits per heavy atom. The van der Waals surface area contributed by atoms with Gasteiger partial charge in [0.15, 0.2) is 0 Å². The largest absolute Gasteiger partial charge is 0.388 e. The van der Waals surface area contributed by atoms with Crippen LogP contribution in [0.5, 0.6) is 0 Å². The molecule has 2 saturated carbocycles. The Balaban J connectivity index is 1.53. The summed E-state index contributed by atoms with van der Waals surface area (Å²) in [5.74, 6) is -3.08. The van der Waals surface area contributed by atoms with Crippen molar-refractivity contribution in [2.75, 3.05) is 6.54 Å². The summed E-state index contributed by atoms with van der Waals surface area (Å²) < 4.78 is 26.3. The summed E-state index contributed by atoms with van der Waals surface area (Å²) in [5, 5.41) is 13.4. The van der Waals surface area contributed by atoms with Gasteiger partial charge in [0.25, 0.3) is 0 Å². The first-order chi connectivity index (χ1) is 10.9. The number of halogens is 2. The van der Waals surface area contributed by atoms with Gasteiger partial charge in [0, 0.05) is 30.7 Å². The van der Waals surface area contributed by atoms with Crippen molar-refractivity contribution in [2.45, 2.75) is 50.6 Å². The molecule has 1 aromatic carbocycles. The molecular weight excluding hydrogens is 300 g/mol. The number of aliphatic hydroxyl groups is 1. The van der Waals surface area contributed by atoms with E-state index in [1.807, 2.05) is 30.3 Å². The number of carbonyl (C=O) groups excluding carboxylic acids is 1. The van der Waals surface area contributed by atoms with Gasteiger partial charge in [-0.15, -0.1) is 0 Å². The summed E-state index contributed by atoms with van der Waals surface area (Å²) in [7, 11) is 0. The van der Waals surface area contributed by atoms with E-state index in [0.717, 1.165) is 18.4 Å². The normalized spacial score (nSPS) is 24.0. The zero-order chi connectivity index (χ0) is 16.5. The fourth-order valence-electron chi connectivity index (χ4n) is 3.41. The molecule has 5 heteroatoms. The van der Waals surface area contributed by atoms with E-state index in [9.17, 15) is 18.7 Å². The summed E-state index contributed by atoms with van der Waals surface area (Å²) in [4.78, 5) is 12.2. The molecule has 0 radical (unpaired) electrons. The minimum Gasteiger partial charge on any atom is -0.388 e. The first kappa shape index (κ1) is 16.4. The van der Waals surface area contributed by atoms with Crippen LogP contribution in [0.4, 0.5) is 8.78 Å². The molecule has 126 valence electrons. The Kier molecular flexibility index (Phi) is 4.41. The van der Waals surface area contributed by atoms with Gasteiger partial charge in [0.05, 0.1) is 6.10 Å². The lowest BCUT2D eigenvalue weighted by Crippen LogP contribution is -2.39. The molecule has 3 rings (SSSR count). The highest BCUT2D eigenvalue weighted by atomic mass is 19.3. The van der Waals surface area contributed by atoms with Crippen molar-refractivity contribution < 1.29 is 18.7 Å². The van der Waals surface area contributed by atoms with E-state index in [1.54, 1.807) is 0 Å². The maximum Gasteiger partial charge on any atom is 0.248 e. The number of hydrogen-bond donors (Lipinski definition) is 2. The Hall–Kier alpha value is -1.49. The highest BCUT2D eigenvalue weighted by Crippen LogP contribution is 2.54. The van der Waals surface area contributed by atoms with Gasteiger partial charge in [-0.2, -0.15) is 0 Å². The Labute approximate surface area is 135 Å². The molecule has 0 heterocycles.